The van der Waals surface area contributed by atoms with Crippen LogP contribution in [0.3, 0.4) is 0 Å². The summed E-state index contributed by atoms with van der Waals surface area (Å²) < 4.78 is 11.9. The molecule has 1 aliphatic heterocycles. The molecule has 2 aliphatic rings. The Hall–Kier alpha value is -2.30. The third-order valence-corrected chi connectivity index (χ3v) is 6.36. The van der Waals surface area contributed by atoms with Crippen molar-refractivity contribution >= 4 is 22.6 Å². The van der Waals surface area contributed by atoms with Gasteiger partial charge in [0.2, 0.25) is 0 Å². The van der Waals surface area contributed by atoms with E-state index in [1.807, 2.05) is 24.3 Å². The highest BCUT2D eigenvalue weighted by Crippen LogP contribution is 2.42. The summed E-state index contributed by atoms with van der Waals surface area (Å²) in [5.74, 6) is 0.643. The molecule has 4 nitrogen and oxygen atoms in total. The average Bonchev–Trinajstić information content (AvgIpc) is 2.75. The molecule has 1 atom stereocenters. The van der Waals surface area contributed by atoms with Crippen LogP contribution in [0.15, 0.2) is 45.6 Å². The van der Waals surface area contributed by atoms with Gasteiger partial charge in [0.1, 0.15) is 18.1 Å². The zero-order chi connectivity index (χ0) is 19.3. The fraction of sp³-hybridized carbons (Fsp3) is 0.348. The van der Waals surface area contributed by atoms with Gasteiger partial charge in [-0.1, -0.05) is 41.9 Å². The van der Waals surface area contributed by atoms with Crippen LogP contribution in [-0.2, 0) is 19.4 Å². The van der Waals surface area contributed by atoms with Crippen molar-refractivity contribution in [3.05, 3.63) is 74.1 Å². The Labute approximate surface area is 168 Å². The van der Waals surface area contributed by atoms with Gasteiger partial charge in [-0.05, 0) is 49.8 Å². The van der Waals surface area contributed by atoms with E-state index in [9.17, 15) is 4.79 Å². The van der Waals surface area contributed by atoms with E-state index in [-0.39, 0.29) is 11.7 Å². The summed E-state index contributed by atoms with van der Waals surface area (Å²) in [7, 11) is 0. The molecule has 1 unspecified atom stereocenters. The van der Waals surface area contributed by atoms with Gasteiger partial charge in [-0.25, -0.2) is 4.79 Å². The Morgan fingerprint density at radius 3 is 2.61 bits per heavy atom. The van der Waals surface area contributed by atoms with Crippen molar-refractivity contribution in [1.82, 2.24) is 4.90 Å². The topological polar surface area (TPSA) is 42.7 Å². The molecule has 5 heteroatoms. The number of rotatable bonds is 2. The van der Waals surface area contributed by atoms with Gasteiger partial charge >= 0.3 is 5.63 Å². The van der Waals surface area contributed by atoms with Crippen molar-refractivity contribution in [3.8, 4) is 5.75 Å². The number of fused-ring (bicyclic) bond motifs is 5. The highest BCUT2D eigenvalue weighted by Gasteiger charge is 2.29. The number of nitrogens with zero attached hydrogens (tertiary/aromatic N) is 1. The fourth-order valence-electron chi connectivity index (χ4n) is 4.48. The molecule has 0 radical (unpaired) electrons. The molecule has 0 spiro atoms. The monoisotopic (exact) mass is 395 g/mol. The lowest BCUT2D eigenvalue weighted by atomic mass is 9.89. The minimum absolute atomic E-state index is 0.174. The average molecular weight is 396 g/mol. The van der Waals surface area contributed by atoms with Crippen molar-refractivity contribution in [2.75, 3.05) is 6.73 Å². The summed E-state index contributed by atoms with van der Waals surface area (Å²) in [5.41, 5.74) is 4.45. The Morgan fingerprint density at radius 1 is 1.07 bits per heavy atom. The third kappa shape index (κ3) is 2.83. The Kier molecular flexibility index (Phi) is 4.41. The van der Waals surface area contributed by atoms with Crippen LogP contribution in [0, 0.1) is 0 Å². The van der Waals surface area contributed by atoms with Crippen molar-refractivity contribution in [1.29, 1.82) is 0 Å². The van der Waals surface area contributed by atoms with E-state index >= 15 is 0 Å². The molecule has 144 valence electrons. The van der Waals surface area contributed by atoms with E-state index in [1.165, 1.54) is 5.56 Å². The highest BCUT2D eigenvalue weighted by molar-refractivity contribution is 6.33. The molecule has 0 bridgehead atoms. The van der Waals surface area contributed by atoms with Crippen LogP contribution in [0.5, 0.6) is 5.75 Å². The molecule has 5 rings (SSSR count). The lowest BCUT2D eigenvalue weighted by Crippen LogP contribution is -2.34. The third-order valence-electron chi connectivity index (χ3n) is 6.08. The summed E-state index contributed by atoms with van der Waals surface area (Å²) in [6.45, 7) is 3.24. The standard InChI is InChI=1S/C23H22ClNO3/c1-14(15-7-3-2-4-8-15)25-12-19-21-18(11-20(24)22(19)27-13-25)16-9-5-6-10-17(16)23(26)28-21/h2-4,7-8,11,14H,5-6,9-10,12-13H2,1H3. The van der Waals surface area contributed by atoms with Crippen LogP contribution >= 0.6 is 11.6 Å². The van der Waals surface area contributed by atoms with Crippen molar-refractivity contribution < 1.29 is 9.15 Å². The molecule has 3 aromatic rings. The largest absolute Gasteiger partial charge is 0.476 e. The lowest BCUT2D eigenvalue weighted by molar-refractivity contribution is 0.0621. The molecule has 0 N–H and O–H groups in total. The van der Waals surface area contributed by atoms with Crippen molar-refractivity contribution in [2.45, 2.75) is 45.2 Å². The molecular formula is C23H22ClNO3. The second-order valence-electron chi connectivity index (χ2n) is 7.70. The van der Waals surface area contributed by atoms with Gasteiger partial charge in [0.05, 0.1) is 10.6 Å². The predicted molar refractivity (Wildman–Crippen MR) is 110 cm³/mol. The summed E-state index contributed by atoms with van der Waals surface area (Å²) in [5, 5.41) is 1.56. The molecule has 0 amide bonds. The maximum Gasteiger partial charge on any atom is 0.339 e. The first-order valence-corrected chi connectivity index (χ1v) is 10.2. The van der Waals surface area contributed by atoms with Crippen LogP contribution in [-0.4, -0.2) is 11.6 Å². The first-order valence-electron chi connectivity index (χ1n) is 9.85. The minimum atomic E-state index is -0.208. The molecule has 2 heterocycles. The predicted octanol–water partition coefficient (Wildman–Crippen LogP) is 5.24. The minimum Gasteiger partial charge on any atom is -0.476 e. The summed E-state index contributed by atoms with van der Waals surface area (Å²) >= 11 is 6.58. The number of ether oxygens (including phenoxy) is 1. The molecule has 1 aliphatic carbocycles. The normalized spacial score (nSPS) is 17.6. The number of benzene rings is 2. The van der Waals surface area contributed by atoms with Crippen molar-refractivity contribution in [2.24, 2.45) is 0 Å². The van der Waals surface area contributed by atoms with Crippen LogP contribution in [0.25, 0.3) is 11.0 Å². The quantitative estimate of drug-likeness (QED) is 0.556. The van der Waals surface area contributed by atoms with E-state index in [0.717, 1.165) is 47.8 Å². The van der Waals surface area contributed by atoms with Crippen molar-refractivity contribution in [3.63, 3.8) is 0 Å². The maximum absolute atomic E-state index is 12.6. The smallest absolute Gasteiger partial charge is 0.339 e. The molecule has 0 saturated heterocycles. The first-order chi connectivity index (χ1) is 13.6. The van der Waals surface area contributed by atoms with Gasteiger partial charge in [0.15, 0.2) is 0 Å². The van der Waals surface area contributed by atoms with Gasteiger partial charge < -0.3 is 9.15 Å². The Balaban J connectivity index is 1.63. The Morgan fingerprint density at radius 2 is 1.82 bits per heavy atom. The van der Waals surface area contributed by atoms with Gasteiger partial charge in [0, 0.05) is 23.5 Å². The van der Waals surface area contributed by atoms with Crippen LogP contribution in [0.1, 0.15) is 48.1 Å². The van der Waals surface area contributed by atoms with Crippen LogP contribution in [0.4, 0.5) is 0 Å². The molecule has 28 heavy (non-hydrogen) atoms. The summed E-state index contributed by atoms with van der Waals surface area (Å²) in [4.78, 5) is 14.9. The lowest BCUT2D eigenvalue weighted by Gasteiger charge is -2.34. The van der Waals surface area contributed by atoms with E-state index in [0.29, 0.717) is 29.6 Å². The van der Waals surface area contributed by atoms with E-state index in [2.05, 4.69) is 24.0 Å². The number of hydrogen-bond donors (Lipinski definition) is 0. The van der Waals surface area contributed by atoms with Gasteiger partial charge in [-0.2, -0.15) is 0 Å². The molecule has 1 aromatic heterocycles. The molecule has 0 saturated carbocycles. The SMILES string of the molecule is CC(c1ccccc1)N1COc2c(Cl)cc3c4c(c(=O)oc3c2C1)CCCC4. The number of aryl methyl sites for hydroxylation is 1. The van der Waals surface area contributed by atoms with Gasteiger partial charge in [-0.3, -0.25) is 4.90 Å². The van der Waals surface area contributed by atoms with Gasteiger partial charge in [0.25, 0.3) is 0 Å². The first kappa shape index (κ1) is 17.8. The number of halogens is 1. The Bertz CT molecular complexity index is 1110. The van der Waals surface area contributed by atoms with Crippen LogP contribution < -0.4 is 10.4 Å². The second-order valence-corrected chi connectivity index (χ2v) is 8.11. The highest BCUT2D eigenvalue weighted by atomic mass is 35.5. The van der Waals surface area contributed by atoms with E-state index in [4.69, 9.17) is 20.8 Å². The summed E-state index contributed by atoms with van der Waals surface area (Å²) in [6.07, 6.45) is 3.81. The van der Waals surface area contributed by atoms with E-state index in [1.54, 1.807) is 0 Å². The number of hydrogen-bond acceptors (Lipinski definition) is 4. The van der Waals surface area contributed by atoms with Gasteiger partial charge in [-0.15, -0.1) is 0 Å². The zero-order valence-corrected chi connectivity index (χ0v) is 16.6. The fourth-order valence-corrected chi connectivity index (χ4v) is 4.76. The summed E-state index contributed by atoms with van der Waals surface area (Å²) in [6, 6.07) is 12.4. The van der Waals surface area contributed by atoms with Crippen LogP contribution in [0.2, 0.25) is 5.02 Å². The maximum atomic E-state index is 12.6. The zero-order valence-electron chi connectivity index (χ0n) is 15.8. The molecular weight excluding hydrogens is 374 g/mol. The molecule has 2 aromatic carbocycles. The van der Waals surface area contributed by atoms with E-state index < -0.39 is 0 Å². The second kappa shape index (κ2) is 6.94. The molecule has 0 fully saturated rings.